The molecule has 0 unspecified atom stereocenters. The zero-order valence-electron chi connectivity index (χ0n) is 21.4. The highest BCUT2D eigenvalue weighted by atomic mass is 35.5. The van der Waals surface area contributed by atoms with Gasteiger partial charge in [0.15, 0.2) is 5.75 Å². The molecule has 0 saturated heterocycles. The normalized spacial score (nSPS) is 11.5. The van der Waals surface area contributed by atoms with Crippen molar-refractivity contribution in [3.8, 4) is 23.6 Å². The maximum absolute atomic E-state index is 9.66. The Balaban J connectivity index is 1.95. The third kappa shape index (κ3) is 4.87. The van der Waals surface area contributed by atoms with Crippen LogP contribution in [0.25, 0.3) is 0 Å². The van der Waals surface area contributed by atoms with Gasteiger partial charge in [-0.3, -0.25) is 0 Å². The SMILES string of the molecule is CC(C)(c1ccccc1)c1ccc(Oc2c(Cl)c(Cl)c(C#N)c(C#N)c2Cl)c(C(C)(C)c2ccccc2)c1. The minimum Gasteiger partial charge on any atom is -0.454 e. The van der Waals surface area contributed by atoms with Crippen LogP contribution in [0.2, 0.25) is 15.1 Å². The number of nitriles is 2. The second-order valence-corrected chi connectivity index (χ2v) is 11.2. The molecule has 6 heteroatoms. The molecule has 0 saturated carbocycles. The second-order valence-electron chi connectivity index (χ2n) is 10.0. The quantitative estimate of drug-likeness (QED) is 0.221. The highest BCUT2D eigenvalue weighted by Crippen LogP contribution is 2.48. The van der Waals surface area contributed by atoms with Gasteiger partial charge in [-0.1, -0.05) is 135 Å². The van der Waals surface area contributed by atoms with Gasteiger partial charge in [0, 0.05) is 16.4 Å². The van der Waals surface area contributed by atoms with Gasteiger partial charge in [-0.25, -0.2) is 0 Å². The lowest BCUT2D eigenvalue weighted by Gasteiger charge is -2.32. The number of ether oxygens (including phenoxy) is 1. The van der Waals surface area contributed by atoms with E-state index < -0.39 is 5.41 Å². The van der Waals surface area contributed by atoms with E-state index in [0.29, 0.717) is 5.75 Å². The van der Waals surface area contributed by atoms with E-state index in [0.717, 1.165) is 16.7 Å². The van der Waals surface area contributed by atoms with E-state index in [1.807, 2.05) is 60.7 Å². The molecule has 0 aromatic heterocycles. The Morgan fingerprint density at radius 1 is 0.605 bits per heavy atom. The first-order chi connectivity index (χ1) is 18.0. The van der Waals surface area contributed by atoms with Gasteiger partial charge in [0.2, 0.25) is 0 Å². The number of halogens is 3. The van der Waals surface area contributed by atoms with Crippen molar-refractivity contribution in [2.45, 2.75) is 38.5 Å². The van der Waals surface area contributed by atoms with E-state index in [1.165, 1.54) is 5.56 Å². The molecule has 3 nitrogen and oxygen atoms in total. The van der Waals surface area contributed by atoms with Crippen molar-refractivity contribution in [2.75, 3.05) is 0 Å². The van der Waals surface area contributed by atoms with Crippen molar-refractivity contribution in [2.24, 2.45) is 0 Å². The lowest BCUT2D eigenvalue weighted by atomic mass is 9.73. The summed E-state index contributed by atoms with van der Waals surface area (Å²) in [4.78, 5) is 0. The van der Waals surface area contributed by atoms with Gasteiger partial charge in [-0.05, 0) is 22.8 Å². The lowest BCUT2D eigenvalue weighted by Crippen LogP contribution is -2.23. The summed E-state index contributed by atoms with van der Waals surface area (Å²) in [6, 6.07) is 30.4. The maximum Gasteiger partial charge on any atom is 0.167 e. The first-order valence-electron chi connectivity index (χ1n) is 12.0. The van der Waals surface area contributed by atoms with Crippen molar-refractivity contribution in [3.05, 3.63) is 127 Å². The predicted octanol–water partition coefficient (Wildman–Crippen LogP) is 9.83. The van der Waals surface area contributed by atoms with Crippen LogP contribution in [0.15, 0.2) is 78.9 Å². The molecule has 38 heavy (non-hydrogen) atoms. The molecule has 0 fully saturated rings. The van der Waals surface area contributed by atoms with Crippen LogP contribution >= 0.6 is 34.8 Å². The van der Waals surface area contributed by atoms with Gasteiger partial charge < -0.3 is 4.74 Å². The Morgan fingerprint density at radius 2 is 1.11 bits per heavy atom. The smallest absolute Gasteiger partial charge is 0.167 e. The molecular formula is C32H25Cl3N2O. The van der Waals surface area contributed by atoms with Crippen molar-refractivity contribution in [1.82, 2.24) is 0 Å². The van der Waals surface area contributed by atoms with Crippen LogP contribution in [0.4, 0.5) is 0 Å². The van der Waals surface area contributed by atoms with Crippen LogP contribution in [-0.2, 0) is 10.8 Å². The van der Waals surface area contributed by atoms with Crippen LogP contribution < -0.4 is 4.74 Å². The first kappa shape index (κ1) is 27.6. The summed E-state index contributed by atoms with van der Waals surface area (Å²) < 4.78 is 6.37. The molecule has 4 aromatic carbocycles. The standard InChI is InChI=1S/C32H25Cl3N2O/c1-31(2,20-11-7-5-8-12-20)22-15-16-26(25(17-22)32(3,4)21-13-9-6-10-14-21)38-30-28(34)24(19-37)23(18-36)27(33)29(30)35/h5-17H,1-4H3. The first-order valence-corrected chi connectivity index (χ1v) is 13.1. The highest BCUT2D eigenvalue weighted by molar-refractivity contribution is 6.46. The van der Waals surface area contributed by atoms with Crippen LogP contribution in [0.3, 0.4) is 0 Å². The van der Waals surface area contributed by atoms with E-state index in [4.69, 9.17) is 39.5 Å². The Morgan fingerprint density at radius 3 is 1.63 bits per heavy atom. The molecule has 4 aromatic rings. The van der Waals surface area contributed by atoms with Crippen LogP contribution in [0.5, 0.6) is 11.5 Å². The summed E-state index contributed by atoms with van der Waals surface area (Å²) in [7, 11) is 0. The Bertz CT molecular complexity index is 1580. The lowest BCUT2D eigenvalue weighted by molar-refractivity contribution is 0.460. The summed E-state index contributed by atoms with van der Waals surface area (Å²) >= 11 is 19.4. The minimum absolute atomic E-state index is 0.0237. The summed E-state index contributed by atoms with van der Waals surface area (Å²) in [6.07, 6.45) is 0. The molecule has 0 bridgehead atoms. The molecule has 0 aliphatic carbocycles. The topological polar surface area (TPSA) is 56.8 Å². The van der Waals surface area contributed by atoms with Gasteiger partial charge in [0.25, 0.3) is 0 Å². The maximum atomic E-state index is 9.66. The fourth-order valence-electron chi connectivity index (χ4n) is 4.58. The van der Waals surface area contributed by atoms with Crippen LogP contribution in [0.1, 0.15) is 61.1 Å². The largest absolute Gasteiger partial charge is 0.454 e. The molecular weight excluding hydrogens is 535 g/mol. The van der Waals surface area contributed by atoms with Crippen molar-refractivity contribution in [1.29, 1.82) is 10.5 Å². The molecule has 0 amide bonds. The summed E-state index contributed by atoms with van der Waals surface area (Å²) in [5, 5.41) is 19.0. The number of rotatable bonds is 6. The van der Waals surface area contributed by atoms with Gasteiger partial charge in [0.05, 0.1) is 16.1 Å². The van der Waals surface area contributed by atoms with Crippen LogP contribution in [0, 0.1) is 22.7 Å². The van der Waals surface area contributed by atoms with Crippen LogP contribution in [-0.4, -0.2) is 0 Å². The van der Waals surface area contributed by atoms with E-state index in [-0.39, 0.29) is 37.4 Å². The van der Waals surface area contributed by atoms with Crippen molar-refractivity contribution < 1.29 is 4.74 Å². The predicted molar refractivity (Wildman–Crippen MR) is 155 cm³/mol. The summed E-state index contributed by atoms with van der Waals surface area (Å²) in [6.45, 7) is 8.62. The summed E-state index contributed by atoms with van der Waals surface area (Å²) in [5.74, 6) is 0.550. The monoisotopic (exact) mass is 558 g/mol. The van der Waals surface area contributed by atoms with Crippen molar-refractivity contribution >= 4 is 34.8 Å². The molecule has 4 rings (SSSR count). The zero-order chi connectivity index (χ0) is 27.7. The molecule has 0 N–H and O–H groups in total. The Labute approximate surface area is 238 Å². The zero-order valence-corrected chi connectivity index (χ0v) is 23.7. The Hall–Kier alpha value is -3.47. The molecule has 0 atom stereocenters. The molecule has 0 spiro atoms. The van der Waals surface area contributed by atoms with E-state index in [2.05, 4.69) is 58.0 Å². The third-order valence-electron chi connectivity index (χ3n) is 7.08. The van der Waals surface area contributed by atoms with Gasteiger partial charge in [-0.2, -0.15) is 10.5 Å². The summed E-state index contributed by atoms with van der Waals surface area (Å²) in [5.41, 5.74) is 3.34. The molecule has 190 valence electrons. The molecule has 0 aliphatic heterocycles. The fourth-order valence-corrected chi connectivity index (χ4v) is 5.34. The number of hydrogen-bond donors (Lipinski definition) is 0. The fraction of sp³-hybridized carbons (Fsp3) is 0.188. The minimum atomic E-state index is -0.479. The average molecular weight is 560 g/mol. The van der Waals surface area contributed by atoms with Gasteiger partial charge in [0.1, 0.15) is 27.9 Å². The number of benzene rings is 4. The Kier molecular flexibility index (Phi) is 7.78. The van der Waals surface area contributed by atoms with Crippen molar-refractivity contribution in [3.63, 3.8) is 0 Å². The highest BCUT2D eigenvalue weighted by Gasteiger charge is 2.32. The van der Waals surface area contributed by atoms with E-state index >= 15 is 0 Å². The number of hydrogen-bond acceptors (Lipinski definition) is 3. The van der Waals surface area contributed by atoms with E-state index in [1.54, 1.807) is 0 Å². The van der Waals surface area contributed by atoms with E-state index in [9.17, 15) is 10.5 Å². The third-order valence-corrected chi connectivity index (χ3v) is 8.28. The van der Waals surface area contributed by atoms with Gasteiger partial charge >= 0.3 is 0 Å². The molecule has 0 radical (unpaired) electrons. The number of nitrogens with zero attached hydrogens (tertiary/aromatic N) is 2. The molecule has 0 aliphatic rings. The van der Waals surface area contributed by atoms with Gasteiger partial charge in [-0.15, -0.1) is 0 Å². The second kappa shape index (κ2) is 10.7. The molecule has 0 heterocycles. The average Bonchev–Trinajstić information content (AvgIpc) is 2.93.